The van der Waals surface area contributed by atoms with Gasteiger partial charge in [-0.15, -0.1) is 0 Å². The second-order valence-electron chi connectivity index (χ2n) is 3.32. The first kappa shape index (κ1) is 11.1. The first-order valence-corrected chi connectivity index (χ1v) is 4.71. The van der Waals surface area contributed by atoms with Gasteiger partial charge in [-0.25, -0.2) is 0 Å². The second kappa shape index (κ2) is 4.20. The van der Waals surface area contributed by atoms with Crippen LogP contribution in [0.5, 0.6) is 0 Å². The highest BCUT2D eigenvalue weighted by molar-refractivity contribution is 5.85. The van der Waals surface area contributed by atoms with Gasteiger partial charge in [-0.1, -0.05) is 5.16 Å². The van der Waals surface area contributed by atoms with Crippen LogP contribution < -0.4 is 0 Å². The smallest absolute Gasteiger partial charge is 0.311 e. The molecule has 7 heteroatoms. The monoisotopic (exact) mass is 236 g/mol. The third-order valence-electron chi connectivity index (χ3n) is 2.28. The fourth-order valence-corrected chi connectivity index (χ4v) is 1.43. The van der Waals surface area contributed by atoms with Gasteiger partial charge in [-0.3, -0.25) is 14.9 Å². The summed E-state index contributed by atoms with van der Waals surface area (Å²) < 4.78 is 9.43. The first-order valence-electron chi connectivity index (χ1n) is 4.71. The number of aromatic nitrogens is 1. The minimum atomic E-state index is -0.526. The van der Waals surface area contributed by atoms with Gasteiger partial charge in [-0.05, 0) is 6.07 Å². The van der Waals surface area contributed by atoms with Crippen LogP contribution in [0.25, 0.3) is 11.0 Å². The number of rotatable bonds is 3. The summed E-state index contributed by atoms with van der Waals surface area (Å²) in [6, 6.07) is 4.10. The number of ether oxygens (including phenoxy) is 1. The van der Waals surface area contributed by atoms with Crippen LogP contribution in [0.15, 0.2) is 22.7 Å². The summed E-state index contributed by atoms with van der Waals surface area (Å²) in [6.45, 7) is 0. The van der Waals surface area contributed by atoms with Crippen molar-refractivity contribution in [2.75, 3.05) is 7.11 Å². The van der Waals surface area contributed by atoms with Crippen LogP contribution in [0.3, 0.4) is 0 Å². The summed E-state index contributed by atoms with van der Waals surface area (Å²) in [7, 11) is 1.27. The molecule has 0 fully saturated rings. The number of carbonyl (C=O) groups excluding carboxylic acids is 1. The molecule has 88 valence electrons. The van der Waals surface area contributed by atoms with E-state index in [-0.39, 0.29) is 17.7 Å². The van der Waals surface area contributed by atoms with Crippen LogP contribution in [0.4, 0.5) is 5.69 Å². The zero-order valence-electron chi connectivity index (χ0n) is 8.87. The Balaban J connectivity index is 2.41. The summed E-state index contributed by atoms with van der Waals surface area (Å²) in [5.74, 6) is -0.446. The number of benzene rings is 1. The second-order valence-corrected chi connectivity index (χ2v) is 3.32. The van der Waals surface area contributed by atoms with E-state index in [9.17, 15) is 14.9 Å². The number of methoxy groups -OCH3 is 1. The number of nitrogens with zero attached hydrogens (tertiary/aromatic N) is 2. The number of nitro groups is 1. The molecule has 0 aliphatic carbocycles. The lowest BCUT2D eigenvalue weighted by Gasteiger charge is -1.95. The molecule has 17 heavy (non-hydrogen) atoms. The van der Waals surface area contributed by atoms with E-state index in [1.54, 1.807) is 0 Å². The molecule has 0 amide bonds. The van der Waals surface area contributed by atoms with E-state index < -0.39 is 10.9 Å². The molecule has 2 aromatic rings. The lowest BCUT2D eigenvalue weighted by atomic mass is 10.1. The van der Waals surface area contributed by atoms with Crippen LogP contribution >= 0.6 is 0 Å². The van der Waals surface area contributed by atoms with E-state index >= 15 is 0 Å². The Morgan fingerprint density at radius 2 is 2.35 bits per heavy atom. The molecule has 0 bridgehead atoms. The van der Waals surface area contributed by atoms with E-state index in [1.165, 1.54) is 25.3 Å². The standard InChI is InChI=1S/C10H8N2O5/c1-16-10(13)5-8-7-3-2-6(12(14)15)4-9(7)17-11-8/h2-4H,5H2,1H3. The van der Waals surface area contributed by atoms with E-state index in [2.05, 4.69) is 9.89 Å². The molecule has 0 saturated heterocycles. The number of carbonyl (C=O) groups is 1. The zero-order chi connectivity index (χ0) is 12.4. The summed E-state index contributed by atoms with van der Waals surface area (Å²) in [4.78, 5) is 21.1. The molecule has 0 aliphatic heterocycles. The Morgan fingerprint density at radius 1 is 1.59 bits per heavy atom. The van der Waals surface area contributed by atoms with Gasteiger partial charge in [-0.2, -0.15) is 0 Å². The van der Waals surface area contributed by atoms with E-state index in [0.29, 0.717) is 11.1 Å². The van der Waals surface area contributed by atoms with Crippen molar-refractivity contribution in [1.29, 1.82) is 0 Å². The van der Waals surface area contributed by atoms with E-state index in [0.717, 1.165) is 0 Å². The minimum absolute atomic E-state index is 0.0265. The predicted octanol–water partition coefficient (Wildman–Crippen LogP) is 1.45. The number of non-ortho nitro benzene ring substituents is 1. The molecule has 0 N–H and O–H groups in total. The quantitative estimate of drug-likeness (QED) is 0.454. The lowest BCUT2D eigenvalue weighted by Crippen LogP contribution is -2.04. The summed E-state index contributed by atoms with van der Waals surface area (Å²) in [5.41, 5.74) is 0.595. The Bertz CT molecular complexity index is 589. The highest BCUT2D eigenvalue weighted by Gasteiger charge is 2.15. The Morgan fingerprint density at radius 3 is 3.00 bits per heavy atom. The van der Waals surface area contributed by atoms with Crippen molar-refractivity contribution in [2.45, 2.75) is 6.42 Å². The highest BCUT2D eigenvalue weighted by atomic mass is 16.6. The number of esters is 1. The minimum Gasteiger partial charge on any atom is -0.469 e. The van der Waals surface area contributed by atoms with Gasteiger partial charge in [0.15, 0.2) is 5.58 Å². The molecule has 2 rings (SSSR count). The molecule has 1 heterocycles. The van der Waals surface area contributed by atoms with Gasteiger partial charge in [0, 0.05) is 11.5 Å². The Labute approximate surface area is 95.1 Å². The highest BCUT2D eigenvalue weighted by Crippen LogP contribution is 2.23. The topological polar surface area (TPSA) is 95.5 Å². The molecule has 1 aromatic carbocycles. The van der Waals surface area contributed by atoms with Crippen molar-refractivity contribution >= 4 is 22.6 Å². The lowest BCUT2D eigenvalue weighted by molar-refractivity contribution is -0.384. The average molecular weight is 236 g/mol. The molecular weight excluding hydrogens is 228 g/mol. The fourth-order valence-electron chi connectivity index (χ4n) is 1.43. The van der Waals surface area contributed by atoms with Crippen molar-refractivity contribution < 1.29 is 19.0 Å². The summed E-state index contributed by atoms with van der Waals surface area (Å²) >= 11 is 0. The van der Waals surface area contributed by atoms with Gasteiger partial charge in [0.1, 0.15) is 5.69 Å². The maximum absolute atomic E-state index is 11.1. The van der Waals surface area contributed by atoms with Crippen molar-refractivity contribution in [1.82, 2.24) is 5.16 Å². The third kappa shape index (κ3) is 2.07. The van der Waals surface area contributed by atoms with Crippen molar-refractivity contribution in [2.24, 2.45) is 0 Å². The number of nitro benzene ring substituents is 1. The largest absolute Gasteiger partial charge is 0.469 e. The van der Waals surface area contributed by atoms with Gasteiger partial charge < -0.3 is 9.26 Å². The van der Waals surface area contributed by atoms with Crippen LogP contribution in [-0.4, -0.2) is 23.2 Å². The molecule has 1 aromatic heterocycles. The number of fused-ring (bicyclic) bond motifs is 1. The Hall–Kier alpha value is -2.44. The molecule has 0 atom stereocenters. The van der Waals surface area contributed by atoms with Crippen LogP contribution in [0, 0.1) is 10.1 Å². The Kier molecular flexibility index (Phi) is 2.73. The first-order chi connectivity index (χ1) is 8.11. The SMILES string of the molecule is COC(=O)Cc1noc2cc([N+](=O)[O-])ccc12. The molecule has 0 aliphatic rings. The molecular formula is C10H8N2O5. The molecule has 0 spiro atoms. The van der Waals surface area contributed by atoms with Crippen molar-refractivity contribution in [3.05, 3.63) is 34.0 Å². The van der Waals surface area contributed by atoms with Gasteiger partial charge in [0.25, 0.3) is 5.69 Å². The fraction of sp³-hybridized carbons (Fsp3) is 0.200. The molecule has 0 unspecified atom stereocenters. The van der Waals surface area contributed by atoms with E-state index in [1.807, 2.05) is 0 Å². The summed E-state index contributed by atoms with van der Waals surface area (Å²) in [5, 5.41) is 14.8. The average Bonchev–Trinajstić information content (AvgIpc) is 2.71. The zero-order valence-corrected chi connectivity index (χ0v) is 8.87. The number of hydrogen-bond donors (Lipinski definition) is 0. The normalized spacial score (nSPS) is 10.4. The maximum atomic E-state index is 11.1. The van der Waals surface area contributed by atoms with Crippen molar-refractivity contribution in [3.8, 4) is 0 Å². The van der Waals surface area contributed by atoms with Gasteiger partial charge in [0.05, 0.1) is 24.5 Å². The van der Waals surface area contributed by atoms with Gasteiger partial charge >= 0.3 is 5.97 Å². The van der Waals surface area contributed by atoms with Gasteiger partial charge in [0.2, 0.25) is 0 Å². The summed E-state index contributed by atoms with van der Waals surface area (Å²) in [6.07, 6.45) is -0.0265. The van der Waals surface area contributed by atoms with Crippen molar-refractivity contribution in [3.63, 3.8) is 0 Å². The molecule has 7 nitrogen and oxygen atoms in total. The maximum Gasteiger partial charge on any atom is 0.311 e. The number of hydrogen-bond acceptors (Lipinski definition) is 6. The molecule has 0 radical (unpaired) electrons. The molecule has 0 saturated carbocycles. The van der Waals surface area contributed by atoms with Crippen LogP contribution in [0.2, 0.25) is 0 Å². The van der Waals surface area contributed by atoms with E-state index in [4.69, 9.17) is 4.52 Å². The van der Waals surface area contributed by atoms with Crippen LogP contribution in [-0.2, 0) is 16.0 Å². The predicted molar refractivity (Wildman–Crippen MR) is 56.4 cm³/mol. The van der Waals surface area contributed by atoms with Crippen LogP contribution in [0.1, 0.15) is 5.69 Å². The third-order valence-corrected chi connectivity index (χ3v) is 2.28.